The molecule has 9 aromatic rings. The lowest BCUT2D eigenvalue weighted by atomic mass is 9.89. The molecule has 0 spiro atoms. The molecule has 3 saturated heterocycles. The summed E-state index contributed by atoms with van der Waals surface area (Å²) < 4.78 is 20.2. The first-order valence-electron chi connectivity index (χ1n) is 31.5. The number of amidine groups is 2. The summed E-state index contributed by atoms with van der Waals surface area (Å²) in [6.45, 7) is 12.3. The van der Waals surface area contributed by atoms with Crippen LogP contribution in [0.3, 0.4) is 0 Å². The Bertz CT molecular complexity index is 4570. The number of H-pyrrole nitrogens is 1. The van der Waals surface area contributed by atoms with Gasteiger partial charge in [-0.2, -0.15) is 5.10 Å². The molecule has 15 N–H and O–H groups in total. The fraction of sp³-hybridized carbons (Fsp3) is 0.250. The van der Waals surface area contributed by atoms with Gasteiger partial charge in [-0.05, 0) is 166 Å². The van der Waals surface area contributed by atoms with Crippen molar-refractivity contribution in [1.29, 1.82) is 0 Å². The standard InChI is InChI=1S/C26H28ClN7O2S.C23H23ClN8OS.C19H21FN8S.9H2/c1-16(28)11-21(29)32-23-12-22(30-13-26(2)14-36-15-26)33-25(34-23)37-18-9-7-17(8-10-18)31-24(35)19-5-3-4-6-20(19)27;1-14(25)11-18(26)28-20-12-21(32-9-4-10-32)31-23(30-20)34-15-7-8-19(27-13-15)29-22(33)16-5-2-3-6-17(16)24;1-11-6-16(27-26-11)23-15-7-17(28-9-19(20,10-28)12-2-3-12)25-18(24-15)29-13-4-5-14(21)22-8-13;;;;;;;;;/h3-12H,13-15,28H2,1-2H3,(H,31,35)(H3,29,30,32,33,34);2-3,5-8,11-13H,4,9-10,25H2,1H3,(H,27,29,33)(H2,26,28,30,31);4-8,12H,2-3,9-10H2,1H3,(H2,21,22)(H2,23,24,25,26,27);9*1H. The fourth-order valence-corrected chi connectivity index (χ4v) is 12.6. The van der Waals surface area contributed by atoms with E-state index >= 15 is 0 Å². The topological polar surface area (TPSA) is 385 Å². The number of carbonyl (C=O) groups is 2. The number of aromatic amines is 1. The Morgan fingerprint density at radius 3 is 1.75 bits per heavy atom. The zero-order valence-corrected chi connectivity index (χ0v) is 58.8. The Balaban J connectivity index is 0.000000536. The average molecular weight is 1460 g/mol. The van der Waals surface area contributed by atoms with Crippen LogP contribution in [-0.4, -0.2) is 125 Å². The number of allylic oxidation sites excluding steroid dienone is 2. The zero-order chi connectivity index (χ0) is 70.5. The van der Waals surface area contributed by atoms with Gasteiger partial charge in [-0.3, -0.25) is 14.7 Å². The van der Waals surface area contributed by atoms with Gasteiger partial charge in [0.2, 0.25) is 0 Å². The van der Waals surface area contributed by atoms with Gasteiger partial charge >= 0.3 is 0 Å². The molecule has 100 heavy (non-hydrogen) atoms. The molecular formula is C68H90Cl2FN23O3S3. The van der Waals surface area contributed by atoms with Gasteiger partial charge < -0.3 is 64.5 Å². The van der Waals surface area contributed by atoms with Crippen LogP contribution in [0.5, 0.6) is 0 Å². The van der Waals surface area contributed by atoms with Gasteiger partial charge in [-0.15, -0.1) is 0 Å². The second-order valence-corrected chi connectivity index (χ2v) is 28.2. The van der Waals surface area contributed by atoms with Gasteiger partial charge in [0.15, 0.2) is 32.9 Å². The summed E-state index contributed by atoms with van der Waals surface area (Å²) in [4.78, 5) is 76.4. The minimum atomic E-state index is -1.08. The molecule has 6 aromatic heterocycles. The molecule has 0 bridgehead atoms. The number of hydrogen-bond acceptors (Lipinski definition) is 24. The number of carbonyl (C=O) groups excluding carboxylic acids is 2. The molecule has 4 aliphatic rings. The van der Waals surface area contributed by atoms with Crippen LogP contribution in [0.25, 0.3) is 0 Å². The maximum Gasteiger partial charge on any atom is 0.258 e. The first kappa shape index (κ1) is 71.2. The largest absolute Gasteiger partial charge is 0.402 e. The Morgan fingerprint density at radius 2 is 1.22 bits per heavy atom. The van der Waals surface area contributed by atoms with Crippen LogP contribution in [0.1, 0.15) is 79.3 Å². The molecule has 3 aromatic carbocycles. The summed E-state index contributed by atoms with van der Waals surface area (Å²) in [6.07, 6.45) is 9.58. The predicted octanol–water partition coefficient (Wildman–Crippen LogP) is 14.4. The highest BCUT2D eigenvalue weighted by molar-refractivity contribution is 7.99. The average Bonchev–Trinajstić information content (AvgIpc) is 1.44. The number of pyridine rings is 2. The summed E-state index contributed by atoms with van der Waals surface area (Å²) in [5.74, 6) is 5.25. The number of alkyl halides is 1. The number of halogens is 3. The van der Waals surface area contributed by atoms with E-state index in [0.717, 1.165) is 58.6 Å². The number of nitrogens with zero attached hydrogens (tertiary/aromatic N) is 13. The minimum absolute atomic E-state index is 0. The van der Waals surface area contributed by atoms with Crippen molar-refractivity contribution in [3.63, 3.8) is 0 Å². The van der Waals surface area contributed by atoms with Crippen LogP contribution in [0.4, 0.5) is 62.4 Å². The van der Waals surface area contributed by atoms with Gasteiger partial charge in [0.05, 0.1) is 47.5 Å². The third kappa shape index (κ3) is 20.1. The first-order chi connectivity index (χ1) is 48.0. The van der Waals surface area contributed by atoms with E-state index in [1.54, 1.807) is 111 Å². The van der Waals surface area contributed by atoms with Crippen LogP contribution in [0.15, 0.2) is 197 Å². The summed E-state index contributed by atoms with van der Waals surface area (Å²) in [5.41, 5.74) is 31.5. The number of ether oxygens (including phenoxy) is 1. The van der Waals surface area contributed by atoms with Crippen LogP contribution < -0.4 is 59.7 Å². The maximum atomic E-state index is 14.8. The van der Waals surface area contributed by atoms with Crippen LogP contribution in [0.2, 0.25) is 10.0 Å². The summed E-state index contributed by atoms with van der Waals surface area (Å²) in [6, 6.07) is 35.5. The fourth-order valence-electron chi connectivity index (χ4n) is 9.94. The van der Waals surface area contributed by atoms with Gasteiger partial charge in [-0.25, -0.2) is 54.2 Å². The number of benzene rings is 3. The monoisotopic (exact) mass is 1460 g/mol. The van der Waals surface area contributed by atoms with Crippen molar-refractivity contribution in [1.82, 2.24) is 50.1 Å². The molecular weight excluding hydrogens is 1370 g/mol. The highest BCUT2D eigenvalue weighted by Crippen LogP contribution is 2.48. The maximum absolute atomic E-state index is 14.8. The molecule has 1 saturated carbocycles. The summed E-state index contributed by atoms with van der Waals surface area (Å²) in [7, 11) is 0. The number of rotatable bonds is 22. The van der Waals surface area contributed by atoms with Crippen molar-refractivity contribution in [2.75, 3.05) is 82.7 Å². The second-order valence-electron chi connectivity index (χ2n) is 24.2. The SMILES string of the molecule is CC(N)=CC(N)=Nc1cc(N2CCC2)nc(Sc2ccc(NC(=O)c3ccccc3Cl)nc2)n1.CC(N)=CC(N)=Nc1cc(NCC2(C)COC2)nc(Sc2ccc(NC(=O)c3ccccc3Cl)cc2)n1.Cc1cc(Nc2cc(N3CC(F)(C4CC4)C3)nc(Sc3ccc(N)nc3)n2)n[nH]1.[HH].[HH].[HH].[HH].[HH].[HH].[HH].[HH].[HH]. The quantitative estimate of drug-likeness (QED) is 0.0171. The van der Waals surface area contributed by atoms with E-state index in [0.29, 0.717) is 133 Å². The number of nitrogens with two attached hydrogens (primary N) is 5. The molecule has 32 heteroatoms. The summed E-state index contributed by atoms with van der Waals surface area (Å²) >= 11 is 16.3. The third-order valence-electron chi connectivity index (χ3n) is 15.3. The lowest BCUT2D eigenvalue weighted by Gasteiger charge is -2.45. The first-order valence-corrected chi connectivity index (χ1v) is 34.7. The van der Waals surface area contributed by atoms with Crippen LogP contribution in [-0.2, 0) is 4.74 Å². The van der Waals surface area contributed by atoms with Gasteiger partial charge in [0.1, 0.15) is 52.2 Å². The number of nitrogens with one attached hydrogen (secondary N) is 5. The second kappa shape index (κ2) is 32.3. The van der Waals surface area contributed by atoms with Crippen molar-refractivity contribution >= 4 is 140 Å². The predicted molar refractivity (Wildman–Crippen MR) is 414 cm³/mol. The normalized spacial score (nSPS) is 15.5. The van der Waals surface area contributed by atoms with Crippen molar-refractivity contribution in [3.8, 4) is 0 Å². The van der Waals surface area contributed by atoms with E-state index < -0.39 is 5.67 Å². The molecule has 3 aliphatic heterocycles. The van der Waals surface area contributed by atoms with Crippen LogP contribution >= 0.6 is 58.5 Å². The number of amides is 2. The Labute approximate surface area is 612 Å². The number of nitrogen functional groups attached to an aromatic ring is 1. The van der Waals surface area contributed by atoms with E-state index in [1.807, 2.05) is 60.4 Å². The molecule has 1 aliphatic carbocycles. The van der Waals surface area contributed by atoms with E-state index in [9.17, 15) is 14.0 Å². The number of anilines is 8. The van der Waals surface area contributed by atoms with Gasteiger partial charge in [-0.1, -0.05) is 54.4 Å². The highest BCUT2D eigenvalue weighted by atomic mass is 35.5. The van der Waals surface area contributed by atoms with E-state index in [-0.39, 0.29) is 47.7 Å². The number of aromatic nitrogens is 10. The van der Waals surface area contributed by atoms with E-state index in [2.05, 4.69) is 93.1 Å². The minimum Gasteiger partial charge on any atom is -0.402 e. The zero-order valence-electron chi connectivity index (χ0n) is 54.8. The smallest absolute Gasteiger partial charge is 0.258 e. The molecule has 0 atom stereocenters. The van der Waals surface area contributed by atoms with E-state index in [4.69, 9.17) is 56.6 Å². The Kier molecular flexibility index (Phi) is 23.0. The molecule has 0 radical (unpaired) electrons. The van der Waals surface area contributed by atoms with Crippen molar-refractivity contribution < 1.29 is 31.6 Å². The van der Waals surface area contributed by atoms with Crippen LogP contribution in [0, 0.1) is 18.3 Å². The highest BCUT2D eigenvalue weighted by Gasteiger charge is 2.54. The molecule has 13 rings (SSSR count). The number of aliphatic imine (C=N–C) groups is 2. The molecule has 9 heterocycles. The summed E-state index contributed by atoms with van der Waals surface area (Å²) in [5, 5.41) is 21.6. The molecule has 2 amide bonds. The van der Waals surface area contributed by atoms with Gasteiger partial charge in [0, 0.05) is 112 Å². The Hall–Kier alpha value is -10.1. The lowest BCUT2D eigenvalue weighted by Crippen LogP contribution is -2.60. The van der Waals surface area contributed by atoms with E-state index in [1.165, 1.54) is 35.3 Å². The third-order valence-corrected chi connectivity index (χ3v) is 18.5. The van der Waals surface area contributed by atoms with Crippen molar-refractivity contribution in [2.24, 2.45) is 44.3 Å². The van der Waals surface area contributed by atoms with Gasteiger partial charge in [0.25, 0.3) is 11.8 Å². The number of aryl methyl sites for hydroxylation is 1. The van der Waals surface area contributed by atoms with Crippen molar-refractivity contribution in [2.45, 2.75) is 82.8 Å². The molecule has 0 unspecified atom stereocenters. The Morgan fingerprint density at radius 1 is 0.670 bits per heavy atom. The molecule has 26 nitrogen and oxygen atoms in total. The lowest BCUT2D eigenvalue weighted by molar-refractivity contribution is -0.0924. The van der Waals surface area contributed by atoms with Crippen molar-refractivity contribution in [3.05, 3.63) is 184 Å². The molecule has 534 valence electrons. The number of hydrogen-bond donors (Lipinski definition) is 10. The molecule has 4 fully saturated rings.